The molecule has 0 saturated heterocycles. The summed E-state index contributed by atoms with van der Waals surface area (Å²) in [4.78, 5) is 16.7. The van der Waals surface area contributed by atoms with Crippen LogP contribution in [-0.4, -0.2) is 68.3 Å². The van der Waals surface area contributed by atoms with Gasteiger partial charge in [-0.05, 0) is 46.0 Å². The molecule has 6 nitrogen and oxygen atoms in total. The molecule has 1 unspecified atom stereocenters. The highest BCUT2D eigenvalue weighted by atomic mass is 32.2. The molecule has 1 atom stereocenters. The van der Waals surface area contributed by atoms with Gasteiger partial charge in [-0.2, -0.15) is 0 Å². The van der Waals surface area contributed by atoms with Gasteiger partial charge >= 0.3 is 6.03 Å². The van der Waals surface area contributed by atoms with E-state index in [-0.39, 0.29) is 30.4 Å². The van der Waals surface area contributed by atoms with Gasteiger partial charge < -0.3 is 15.1 Å². The summed E-state index contributed by atoms with van der Waals surface area (Å²) >= 11 is 0. The summed E-state index contributed by atoms with van der Waals surface area (Å²) in [6.07, 6.45) is 0. The third kappa shape index (κ3) is 6.96. The summed E-state index contributed by atoms with van der Waals surface area (Å²) in [7, 11) is -3.41. The molecule has 2 amide bonds. The Kier molecular flexibility index (Phi) is 9.08. The number of sulfone groups is 1. The van der Waals surface area contributed by atoms with Crippen molar-refractivity contribution in [1.29, 1.82) is 0 Å². The number of nitrogens with one attached hydrogen (secondary N) is 1. The lowest BCUT2D eigenvalue weighted by molar-refractivity contribution is 0.179. The van der Waals surface area contributed by atoms with Crippen molar-refractivity contribution in [3.05, 3.63) is 30.3 Å². The zero-order valence-corrected chi connectivity index (χ0v) is 17.4. The van der Waals surface area contributed by atoms with Crippen LogP contribution in [0.1, 0.15) is 34.6 Å². The molecule has 7 heteroatoms. The fourth-order valence-corrected chi connectivity index (χ4v) is 4.01. The van der Waals surface area contributed by atoms with Crippen LogP contribution in [0.25, 0.3) is 0 Å². The smallest absolute Gasteiger partial charge is 0.317 e. The van der Waals surface area contributed by atoms with E-state index in [0.29, 0.717) is 4.90 Å². The molecule has 0 bridgehead atoms. The number of likely N-dealkylation sites (N-methyl/N-ethyl adjacent to an activating group) is 1. The molecule has 0 spiro atoms. The van der Waals surface area contributed by atoms with E-state index in [9.17, 15) is 13.2 Å². The summed E-state index contributed by atoms with van der Waals surface area (Å²) in [5, 5.41) is 2.99. The van der Waals surface area contributed by atoms with Crippen LogP contribution < -0.4 is 5.32 Å². The fraction of sp³-hybridized carbons (Fsp3) is 0.632. The van der Waals surface area contributed by atoms with Gasteiger partial charge in [-0.1, -0.05) is 32.0 Å². The first kappa shape index (κ1) is 22.4. The molecule has 148 valence electrons. The van der Waals surface area contributed by atoms with Gasteiger partial charge in [0.25, 0.3) is 0 Å². The quantitative estimate of drug-likeness (QED) is 0.674. The van der Waals surface area contributed by atoms with Gasteiger partial charge in [0.2, 0.25) is 0 Å². The molecule has 0 aliphatic rings. The van der Waals surface area contributed by atoms with Crippen molar-refractivity contribution < 1.29 is 13.2 Å². The van der Waals surface area contributed by atoms with Crippen LogP contribution >= 0.6 is 0 Å². The normalized spacial score (nSPS) is 13.0. The SMILES string of the molecule is CCN(CC)CC(C)NC(=O)N(CCS(=O)(=O)c1ccccc1)C(C)C. The molecule has 0 heterocycles. The van der Waals surface area contributed by atoms with Crippen LogP contribution in [0, 0.1) is 0 Å². The molecular weight excluding hydrogens is 350 g/mol. The molecule has 1 aromatic carbocycles. The second-order valence-electron chi connectivity index (χ2n) is 6.76. The maximum atomic E-state index is 12.6. The number of urea groups is 1. The Morgan fingerprint density at radius 3 is 2.15 bits per heavy atom. The van der Waals surface area contributed by atoms with E-state index < -0.39 is 9.84 Å². The van der Waals surface area contributed by atoms with Gasteiger partial charge in [0.1, 0.15) is 0 Å². The standard InChI is InChI=1S/C19H33N3O3S/c1-6-21(7-2)15-17(5)20-19(23)22(16(3)4)13-14-26(24,25)18-11-9-8-10-12-18/h8-12,16-17H,6-7,13-15H2,1-5H3,(H,20,23). The van der Waals surface area contributed by atoms with Gasteiger partial charge in [-0.3, -0.25) is 0 Å². The van der Waals surface area contributed by atoms with Gasteiger partial charge in [0.05, 0.1) is 10.6 Å². The predicted octanol–water partition coefficient (Wildman–Crippen LogP) is 2.61. The molecule has 1 aromatic rings. The summed E-state index contributed by atoms with van der Waals surface area (Å²) in [6, 6.07) is 8.05. The van der Waals surface area contributed by atoms with Crippen molar-refractivity contribution in [3.8, 4) is 0 Å². The number of hydrogen-bond donors (Lipinski definition) is 1. The Bertz CT molecular complexity index is 643. The van der Waals surface area contributed by atoms with Gasteiger partial charge in [0.15, 0.2) is 9.84 Å². The highest BCUT2D eigenvalue weighted by Gasteiger charge is 2.23. The largest absolute Gasteiger partial charge is 0.334 e. The molecule has 1 N–H and O–H groups in total. The third-order valence-corrected chi connectivity index (χ3v) is 6.09. The molecule has 1 rings (SSSR count). The third-order valence-electron chi connectivity index (χ3n) is 4.38. The van der Waals surface area contributed by atoms with Crippen LogP contribution in [0.15, 0.2) is 35.2 Å². The minimum atomic E-state index is -3.41. The Labute approximate surface area is 158 Å². The Hall–Kier alpha value is -1.60. The number of amides is 2. The molecule has 26 heavy (non-hydrogen) atoms. The Balaban J connectivity index is 2.69. The molecule has 0 aliphatic heterocycles. The maximum absolute atomic E-state index is 12.6. The number of hydrogen-bond acceptors (Lipinski definition) is 4. The van der Waals surface area contributed by atoms with E-state index >= 15 is 0 Å². The lowest BCUT2D eigenvalue weighted by atomic mass is 10.3. The Morgan fingerprint density at radius 1 is 1.08 bits per heavy atom. The van der Waals surface area contributed by atoms with Crippen molar-refractivity contribution in [3.63, 3.8) is 0 Å². The summed E-state index contributed by atoms with van der Waals surface area (Å²) in [5.74, 6) is -0.0902. The number of carbonyl (C=O) groups excluding carboxylic acids is 1. The van der Waals surface area contributed by atoms with Crippen LogP contribution in [0.2, 0.25) is 0 Å². The molecular formula is C19H33N3O3S. The minimum absolute atomic E-state index is 0.00520. The average Bonchev–Trinajstić information content (AvgIpc) is 2.60. The Morgan fingerprint density at radius 2 is 1.65 bits per heavy atom. The van der Waals surface area contributed by atoms with Crippen molar-refractivity contribution in [2.24, 2.45) is 0 Å². The van der Waals surface area contributed by atoms with Crippen molar-refractivity contribution in [2.75, 3.05) is 31.9 Å². The van der Waals surface area contributed by atoms with Crippen LogP contribution in [0.3, 0.4) is 0 Å². The maximum Gasteiger partial charge on any atom is 0.317 e. The van der Waals surface area contributed by atoms with Crippen molar-refractivity contribution in [2.45, 2.75) is 51.6 Å². The summed E-state index contributed by atoms with van der Waals surface area (Å²) in [6.45, 7) is 12.7. The highest BCUT2D eigenvalue weighted by Crippen LogP contribution is 2.11. The predicted molar refractivity (Wildman–Crippen MR) is 106 cm³/mol. The number of carbonyl (C=O) groups is 1. The molecule has 0 fully saturated rings. The monoisotopic (exact) mass is 383 g/mol. The molecule has 0 aromatic heterocycles. The van der Waals surface area contributed by atoms with Crippen LogP contribution in [0.5, 0.6) is 0 Å². The molecule has 0 radical (unpaired) electrons. The van der Waals surface area contributed by atoms with Gasteiger partial charge in [0, 0.05) is 25.2 Å². The molecule has 0 saturated carbocycles. The van der Waals surface area contributed by atoms with Crippen molar-refractivity contribution >= 4 is 15.9 Å². The first-order valence-electron chi connectivity index (χ1n) is 9.28. The lowest BCUT2D eigenvalue weighted by Crippen LogP contribution is -2.51. The average molecular weight is 384 g/mol. The van der Waals surface area contributed by atoms with Crippen molar-refractivity contribution in [1.82, 2.24) is 15.1 Å². The fourth-order valence-electron chi connectivity index (χ4n) is 2.77. The summed E-state index contributed by atoms with van der Waals surface area (Å²) in [5.41, 5.74) is 0. The first-order valence-corrected chi connectivity index (χ1v) is 10.9. The van der Waals surface area contributed by atoms with Crippen LogP contribution in [0.4, 0.5) is 4.79 Å². The van der Waals surface area contributed by atoms with E-state index in [4.69, 9.17) is 0 Å². The lowest BCUT2D eigenvalue weighted by Gasteiger charge is -2.30. The first-order chi connectivity index (χ1) is 12.2. The highest BCUT2D eigenvalue weighted by molar-refractivity contribution is 7.91. The minimum Gasteiger partial charge on any atom is -0.334 e. The van der Waals surface area contributed by atoms with E-state index in [0.717, 1.165) is 19.6 Å². The molecule has 0 aliphatic carbocycles. The zero-order chi connectivity index (χ0) is 19.7. The number of nitrogens with zero attached hydrogens (tertiary/aromatic N) is 2. The zero-order valence-electron chi connectivity index (χ0n) is 16.6. The number of benzene rings is 1. The number of rotatable bonds is 10. The van der Waals surface area contributed by atoms with Gasteiger partial charge in [-0.25, -0.2) is 13.2 Å². The second kappa shape index (κ2) is 10.5. The van der Waals surface area contributed by atoms with E-state index in [2.05, 4.69) is 24.1 Å². The topological polar surface area (TPSA) is 69.7 Å². The van der Waals surface area contributed by atoms with Crippen LogP contribution in [-0.2, 0) is 9.84 Å². The second-order valence-corrected chi connectivity index (χ2v) is 8.86. The van der Waals surface area contributed by atoms with E-state index in [1.54, 1.807) is 35.2 Å². The summed E-state index contributed by atoms with van der Waals surface area (Å²) < 4.78 is 24.9. The van der Waals surface area contributed by atoms with E-state index in [1.807, 2.05) is 20.8 Å². The van der Waals surface area contributed by atoms with Gasteiger partial charge in [-0.15, -0.1) is 0 Å². The van der Waals surface area contributed by atoms with E-state index in [1.165, 1.54) is 0 Å².